The van der Waals surface area contributed by atoms with Crippen molar-refractivity contribution in [2.24, 2.45) is 10.7 Å². The second kappa shape index (κ2) is 13.1. The van der Waals surface area contributed by atoms with Crippen molar-refractivity contribution in [2.45, 2.75) is 45.3 Å². The summed E-state index contributed by atoms with van der Waals surface area (Å²) in [7, 11) is 1.34. The number of nitrogens with zero attached hydrogens (tertiary/aromatic N) is 3. The van der Waals surface area contributed by atoms with Crippen LogP contribution in [0.25, 0.3) is 10.4 Å². The van der Waals surface area contributed by atoms with Crippen LogP contribution < -0.4 is 15.8 Å². The second-order valence-electron chi connectivity index (χ2n) is 10.2. The first-order chi connectivity index (χ1) is 18.9. The minimum absolute atomic E-state index is 0.0155. The number of alkyl carbamates (subject to hydrolysis) is 1. The predicted octanol–water partition coefficient (Wildman–Crippen LogP) is 4.83. The Hall–Kier alpha value is -4.46. The predicted molar refractivity (Wildman–Crippen MR) is 148 cm³/mol. The van der Waals surface area contributed by atoms with Gasteiger partial charge >= 0.3 is 6.09 Å². The molecule has 1 saturated heterocycles. The number of piperidine rings is 1. The highest BCUT2D eigenvalue weighted by Gasteiger charge is 2.27. The number of ether oxygens (including phenoxy) is 2. The van der Waals surface area contributed by atoms with E-state index in [0.29, 0.717) is 30.5 Å². The number of rotatable bonds is 7. The number of nitrogens with one attached hydrogen (secondary N) is 1. The van der Waals surface area contributed by atoms with Gasteiger partial charge in [-0.25, -0.2) is 18.4 Å². The summed E-state index contributed by atoms with van der Waals surface area (Å²) < 4.78 is 39.4. The van der Waals surface area contributed by atoms with Gasteiger partial charge in [0.1, 0.15) is 18.0 Å². The molecule has 2 aromatic rings. The summed E-state index contributed by atoms with van der Waals surface area (Å²) in [5.41, 5.74) is 6.11. The minimum Gasteiger partial charge on any atom is -0.494 e. The first-order valence-electron chi connectivity index (χ1n) is 12.7. The molecule has 0 unspecified atom stereocenters. The molecule has 2 amide bonds. The zero-order chi connectivity index (χ0) is 29.4. The van der Waals surface area contributed by atoms with E-state index in [0.717, 1.165) is 6.07 Å². The Balaban J connectivity index is 1.88. The van der Waals surface area contributed by atoms with Crippen LogP contribution in [-0.4, -0.2) is 61.0 Å². The Bertz CT molecular complexity index is 1360. The maximum atomic E-state index is 14.6. The van der Waals surface area contributed by atoms with Crippen LogP contribution in [0, 0.1) is 18.2 Å². The first kappa shape index (κ1) is 30.1. The van der Waals surface area contributed by atoms with Crippen molar-refractivity contribution < 1.29 is 27.8 Å². The molecule has 0 spiro atoms. The highest BCUT2D eigenvalue weighted by atomic mass is 19.1. The molecule has 1 aliphatic rings. The number of nitrogens with two attached hydrogens (primary N) is 1. The number of carbonyl (C=O) groups is 2. The molecular weight excluding hydrogens is 520 g/mol. The number of hydrogen-bond donors (Lipinski definition) is 2. The maximum absolute atomic E-state index is 14.6. The molecule has 0 aromatic heterocycles. The van der Waals surface area contributed by atoms with Crippen LogP contribution in [0.1, 0.15) is 44.7 Å². The van der Waals surface area contributed by atoms with Crippen molar-refractivity contribution >= 4 is 29.0 Å². The Labute approximate surface area is 232 Å². The van der Waals surface area contributed by atoms with E-state index in [9.17, 15) is 18.4 Å². The summed E-state index contributed by atoms with van der Waals surface area (Å²) in [6.07, 6.45) is 2.00. The minimum atomic E-state index is -0.750. The number of halogens is 2. The standard InChI is InChI=1S/C29H33F2N5O4/c1-29(2,3)40-28(38)35-20-7-6-12-36(17-20)26(37)16-34-27(19-9-11-25(39-5)23(31)14-19)21(15-32)18-8-10-24(33-4)22(30)13-18/h8-11,13-15,20H,6-7,12,16-17,32H2,1-3,5H3,(H,35,38)/t20-/m1/s1. The molecule has 1 atom stereocenters. The van der Waals surface area contributed by atoms with E-state index in [4.69, 9.17) is 21.8 Å². The van der Waals surface area contributed by atoms with E-state index in [1.54, 1.807) is 31.7 Å². The number of likely N-dealkylation sites (tertiary alicyclic amines) is 1. The van der Waals surface area contributed by atoms with Crippen LogP contribution in [0.4, 0.5) is 19.3 Å². The zero-order valence-electron chi connectivity index (χ0n) is 23.0. The third kappa shape index (κ3) is 7.79. The summed E-state index contributed by atoms with van der Waals surface area (Å²) in [5.74, 6) is -1.70. The van der Waals surface area contributed by atoms with Crippen LogP contribution in [0.2, 0.25) is 0 Å². The van der Waals surface area contributed by atoms with E-state index in [-0.39, 0.29) is 47.8 Å². The number of methoxy groups -OCH3 is 1. The Morgan fingerprint density at radius 3 is 2.50 bits per heavy atom. The Morgan fingerprint density at radius 1 is 1.20 bits per heavy atom. The lowest BCUT2D eigenvalue weighted by atomic mass is 9.96. The van der Waals surface area contributed by atoms with Gasteiger partial charge in [0, 0.05) is 36.5 Å². The number of aliphatic imine (C=N–C) groups is 1. The topological polar surface area (TPSA) is 111 Å². The molecule has 3 rings (SSSR count). The summed E-state index contributed by atoms with van der Waals surface area (Å²) in [5, 5.41) is 2.80. The lowest BCUT2D eigenvalue weighted by molar-refractivity contribution is -0.130. The number of benzene rings is 2. The number of hydrogen-bond acceptors (Lipinski definition) is 6. The highest BCUT2D eigenvalue weighted by molar-refractivity contribution is 6.32. The van der Waals surface area contributed by atoms with E-state index in [1.807, 2.05) is 0 Å². The van der Waals surface area contributed by atoms with Gasteiger partial charge in [0.15, 0.2) is 11.6 Å². The van der Waals surface area contributed by atoms with Gasteiger partial charge < -0.3 is 25.4 Å². The molecule has 40 heavy (non-hydrogen) atoms. The van der Waals surface area contributed by atoms with Gasteiger partial charge in [0.2, 0.25) is 11.6 Å². The molecular formula is C29H33F2N5O4. The molecule has 0 radical (unpaired) electrons. The van der Waals surface area contributed by atoms with Gasteiger partial charge in [-0.2, -0.15) is 0 Å². The zero-order valence-corrected chi connectivity index (χ0v) is 23.0. The molecule has 212 valence electrons. The van der Waals surface area contributed by atoms with Gasteiger partial charge in [-0.05, 0) is 63.4 Å². The SMILES string of the molecule is [C-]#[N+]c1ccc(C(=CN)C(=NCC(=O)N2CCC[C@@H](NC(=O)OC(C)(C)C)C2)c2ccc(OC)c(F)c2)cc1F. The fourth-order valence-electron chi connectivity index (χ4n) is 4.27. The summed E-state index contributed by atoms with van der Waals surface area (Å²) >= 11 is 0. The maximum Gasteiger partial charge on any atom is 0.407 e. The Kier molecular flexibility index (Phi) is 9.82. The van der Waals surface area contributed by atoms with Crippen LogP contribution in [0.5, 0.6) is 5.75 Å². The molecule has 11 heteroatoms. The molecule has 9 nitrogen and oxygen atoms in total. The van der Waals surface area contributed by atoms with Crippen molar-refractivity contribution in [3.63, 3.8) is 0 Å². The van der Waals surface area contributed by atoms with Crippen molar-refractivity contribution in [3.05, 3.63) is 76.8 Å². The van der Waals surface area contributed by atoms with Crippen molar-refractivity contribution in [1.82, 2.24) is 10.2 Å². The molecule has 3 N–H and O–H groups in total. The van der Waals surface area contributed by atoms with E-state index >= 15 is 0 Å². The smallest absolute Gasteiger partial charge is 0.407 e. The van der Waals surface area contributed by atoms with Crippen LogP contribution in [-0.2, 0) is 9.53 Å². The third-order valence-corrected chi connectivity index (χ3v) is 6.09. The van der Waals surface area contributed by atoms with E-state index in [2.05, 4.69) is 15.2 Å². The fourth-order valence-corrected chi connectivity index (χ4v) is 4.27. The quantitative estimate of drug-likeness (QED) is 0.377. The number of carbonyl (C=O) groups excluding carboxylic acids is 2. The van der Waals surface area contributed by atoms with E-state index < -0.39 is 23.3 Å². The van der Waals surface area contributed by atoms with Crippen molar-refractivity contribution in [2.75, 3.05) is 26.7 Å². The van der Waals surface area contributed by atoms with Gasteiger partial charge in [-0.3, -0.25) is 9.79 Å². The lowest BCUT2D eigenvalue weighted by Crippen LogP contribution is -2.51. The largest absolute Gasteiger partial charge is 0.494 e. The average molecular weight is 554 g/mol. The van der Waals surface area contributed by atoms with Gasteiger partial charge in [-0.15, -0.1) is 0 Å². The van der Waals surface area contributed by atoms with Gasteiger partial charge in [0.05, 0.1) is 19.4 Å². The lowest BCUT2D eigenvalue weighted by Gasteiger charge is -2.33. The molecule has 1 heterocycles. The normalized spacial score (nSPS) is 16.2. The molecule has 0 bridgehead atoms. The number of amides is 2. The molecule has 1 fully saturated rings. The van der Waals surface area contributed by atoms with Crippen molar-refractivity contribution in [3.8, 4) is 5.75 Å². The summed E-state index contributed by atoms with van der Waals surface area (Å²) in [6, 6.07) is 7.83. The van der Waals surface area contributed by atoms with Gasteiger partial charge in [0.25, 0.3) is 0 Å². The van der Waals surface area contributed by atoms with Gasteiger partial charge in [-0.1, -0.05) is 12.1 Å². The average Bonchev–Trinajstić information content (AvgIpc) is 2.89. The van der Waals surface area contributed by atoms with Crippen LogP contribution in [0.15, 0.2) is 47.6 Å². The molecule has 1 aliphatic heterocycles. The van der Waals surface area contributed by atoms with E-state index in [1.165, 1.54) is 37.6 Å². The molecule has 2 aromatic carbocycles. The summed E-state index contributed by atoms with van der Waals surface area (Å²) in [4.78, 5) is 34.6. The number of allylic oxidation sites excluding steroid dienone is 1. The molecule has 0 aliphatic carbocycles. The second-order valence-corrected chi connectivity index (χ2v) is 10.2. The highest BCUT2D eigenvalue weighted by Crippen LogP contribution is 2.27. The monoisotopic (exact) mass is 553 g/mol. The molecule has 0 saturated carbocycles. The summed E-state index contributed by atoms with van der Waals surface area (Å²) in [6.45, 7) is 12.9. The first-order valence-corrected chi connectivity index (χ1v) is 12.7. The Morgan fingerprint density at radius 2 is 1.90 bits per heavy atom. The fraction of sp³-hybridized carbons (Fsp3) is 0.379. The third-order valence-electron chi connectivity index (χ3n) is 6.09. The van der Waals surface area contributed by atoms with Crippen LogP contribution >= 0.6 is 0 Å². The van der Waals surface area contributed by atoms with Crippen LogP contribution in [0.3, 0.4) is 0 Å². The van der Waals surface area contributed by atoms with Crippen molar-refractivity contribution in [1.29, 1.82) is 0 Å².